The second-order valence-electron chi connectivity index (χ2n) is 9.00. The van der Waals surface area contributed by atoms with Gasteiger partial charge in [-0.2, -0.15) is 0 Å². The lowest BCUT2D eigenvalue weighted by molar-refractivity contribution is -0.117. The monoisotopic (exact) mass is 587 g/mol. The number of carbonyl (C=O) groups excluding carboxylic acids is 2. The number of rotatable bonds is 4. The van der Waals surface area contributed by atoms with Crippen LogP contribution in [0.2, 0.25) is 0 Å². The van der Waals surface area contributed by atoms with E-state index in [1.165, 1.54) is 12.1 Å². The summed E-state index contributed by atoms with van der Waals surface area (Å²) in [6, 6.07) is 10.1. The van der Waals surface area contributed by atoms with Crippen LogP contribution in [0, 0.1) is 5.82 Å². The third kappa shape index (κ3) is 4.17. The summed E-state index contributed by atoms with van der Waals surface area (Å²) in [5.74, 6) is 0.235. The molecule has 1 aliphatic heterocycles. The zero-order valence-electron chi connectivity index (χ0n) is 18.8. The predicted molar refractivity (Wildman–Crippen MR) is 135 cm³/mol. The number of hydrogen-bond acceptors (Lipinski definition) is 4. The molecule has 2 aromatic carbocycles. The lowest BCUT2D eigenvalue weighted by Crippen LogP contribution is -2.37. The summed E-state index contributed by atoms with van der Waals surface area (Å²) in [7, 11) is 2.00. The van der Waals surface area contributed by atoms with Gasteiger partial charge in [0.15, 0.2) is 11.6 Å². The molecule has 1 heterocycles. The van der Waals surface area contributed by atoms with E-state index in [0.29, 0.717) is 18.6 Å². The fourth-order valence-electron chi connectivity index (χ4n) is 5.31. The standard InChI is InChI=1S/C27H24Br2FNO3/c1-31-20-4-2-6-22(32)25(20)24(26-21(31)5-3-7-23(26)33)16-12-18(28)27(19(29)13-16)34-14-15-8-10-17(30)11-9-15/h8-13,24H,2-7,14H2,1H3. The molecule has 3 aliphatic rings. The van der Waals surface area contributed by atoms with Crippen molar-refractivity contribution < 1.29 is 18.7 Å². The average Bonchev–Trinajstić information content (AvgIpc) is 2.81. The highest BCUT2D eigenvalue weighted by Crippen LogP contribution is 2.50. The Bertz CT molecular complexity index is 1180. The van der Waals surface area contributed by atoms with Crippen LogP contribution in [0.25, 0.3) is 0 Å². The molecule has 4 nitrogen and oxygen atoms in total. The van der Waals surface area contributed by atoms with Crippen molar-refractivity contribution in [2.24, 2.45) is 0 Å². The normalized spacial score (nSPS) is 18.9. The fraction of sp³-hybridized carbons (Fsp3) is 0.333. The Morgan fingerprint density at radius 3 is 1.97 bits per heavy atom. The molecule has 0 atom stereocenters. The zero-order chi connectivity index (χ0) is 24.0. The Morgan fingerprint density at radius 1 is 0.912 bits per heavy atom. The highest BCUT2D eigenvalue weighted by Gasteiger charge is 2.42. The summed E-state index contributed by atoms with van der Waals surface area (Å²) < 4.78 is 20.7. The number of ketones is 2. The van der Waals surface area contributed by atoms with Gasteiger partial charge in [-0.05, 0) is 92.9 Å². The first-order chi connectivity index (χ1) is 16.3. The first-order valence-corrected chi connectivity index (χ1v) is 13.1. The quantitative estimate of drug-likeness (QED) is 0.387. The fourth-order valence-corrected chi connectivity index (χ4v) is 6.76. The van der Waals surface area contributed by atoms with Gasteiger partial charge in [0.2, 0.25) is 0 Å². The molecule has 0 amide bonds. The van der Waals surface area contributed by atoms with Crippen LogP contribution in [-0.4, -0.2) is 23.5 Å². The molecule has 0 radical (unpaired) electrons. The van der Waals surface area contributed by atoms with E-state index in [9.17, 15) is 14.0 Å². The molecule has 0 aromatic heterocycles. The van der Waals surface area contributed by atoms with E-state index in [-0.39, 0.29) is 29.9 Å². The van der Waals surface area contributed by atoms with Crippen LogP contribution in [0.15, 0.2) is 67.9 Å². The summed E-state index contributed by atoms with van der Waals surface area (Å²) in [5.41, 5.74) is 5.39. The van der Waals surface area contributed by atoms with Gasteiger partial charge in [-0.15, -0.1) is 0 Å². The number of benzene rings is 2. The van der Waals surface area contributed by atoms with E-state index in [1.807, 2.05) is 19.2 Å². The summed E-state index contributed by atoms with van der Waals surface area (Å²) in [4.78, 5) is 28.4. The number of ether oxygens (including phenoxy) is 1. The maximum atomic E-state index is 13.2. The first-order valence-electron chi connectivity index (χ1n) is 11.5. The Balaban J connectivity index is 1.55. The second kappa shape index (κ2) is 9.42. The molecule has 176 valence electrons. The third-order valence-electron chi connectivity index (χ3n) is 6.89. The minimum Gasteiger partial charge on any atom is -0.487 e. The van der Waals surface area contributed by atoms with Crippen molar-refractivity contribution in [3.05, 3.63) is 84.8 Å². The number of halogens is 3. The molecule has 0 spiro atoms. The molecule has 0 fully saturated rings. The summed E-state index contributed by atoms with van der Waals surface area (Å²) in [6.07, 6.45) is 4.41. The van der Waals surface area contributed by atoms with Crippen LogP contribution >= 0.6 is 31.9 Å². The summed E-state index contributed by atoms with van der Waals surface area (Å²) in [6.45, 7) is 0.284. The molecule has 0 saturated heterocycles. The van der Waals surface area contributed by atoms with E-state index in [1.54, 1.807) is 12.1 Å². The lowest BCUT2D eigenvalue weighted by atomic mass is 9.71. The molecular formula is C27H24Br2FNO3. The van der Waals surface area contributed by atoms with Crippen molar-refractivity contribution in [3.63, 3.8) is 0 Å². The van der Waals surface area contributed by atoms with Gasteiger partial charge < -0.3 is 9.64 Å². The minimum atomic E-state index is -0.361. The topological polar surface area (TPSA) is 46.6 Å². The van der Waals surface area contributed by atoms with Crippen LogP contribution in [0.1, 0.15) is 55.6 Å². The SMILES string of the molecule is CN1C2=C(C(=O)CCC2)C(c2cc(Br)c(OCc3ccc(F)cc3)c(Br)c2)C2=C1CCCC2=O. The highest BCUT2D eigenvalue weighted by molar-refractivity contribution is 9.11. The number of nitrogens with zero attached hydrogens (tertiary/aromatic N) is 1. The molecule has 7 heteroatoms. The van der Waals surface area contributed by atoms with Crippen molar-refractivity contribution in [2.45, 2.75) is 51.0 Å². The summed E-state index contributed by atoms with van der Waals surface area (Å²) >= 11 is 7.28. The van der Waals surface area contributed by atoms with Gasteiger partial charge >= 0.3 is 0 Å². The van der Waals surface area contributed by atoms with Crippen LogP contribution in [0.4, 0.5) is 4.39 Å². The van der Waals surface area contributed by atoms with Gasteiger partial charge in [0.1, 0.15) is 18.2 Å². The number of allylic oxidation sites excluding steroid dienone is 4. The van der Waals surface area contributed by atoms with Crippen LogP contribution < -0.4 is 4.74 Å². The number of Topliss-reactive ketones (excluding diaryl/α,β-unsaturated/α-hetero) is 2. The van der Waals surface area contributed by atoms with E-state index >= 15 is 0 Å². The van der Waals surface area contributed by atoms with Gasteiger partial charge in [0.05, 0.1) is 8.95 Å². The van der Waals surface area contributed by atoms with E-state index in [2.05, 4.69) is 36.8 Å². The van der Waals surface area contributed by atoms with E-state index in [0.717, 1.165) is 68.3 Å². The maximum absolute atomic E-state index is 13.2. The van der Waals surface area contributed by atoms with Crippen molar-refractivity contribution in [3.8, 4) is 5.75 Å². The van der Waals surface area contributed by atoms with Crippen LogP contribution in [0.3, 0.4) is 0 Å². The van der Waals surface area contributed by atoms with Crippen molar-refractivity contribution >= 4 is 43.4 Å². The molecule has 2 aliphatic carbocycles. The molecular weight excluding hydrogens is 565 g/mol. The molecule has 0 saturated carbocycles. The molecule has 0 N–H and O–H groups in total. The van der Waals surface area contributed by atoms with E-state index in [4.69, 9.17) is 4.74 Å². The third-order valence-corrected chi connectivity index (χ3v) is 8.07. The largest absolute Gasteiger partial charge is 0.487 e. The highest BCUT2D eigenvalue weighted by atomic mass is 79.9. The zero-order valence-corrected chi connectivity index (χ0v) is 22.0. The van der Waals surface area contributed by atoms with Crippen molar-refractivity contribution in [1.29, 1.82) is 0 Å². The number of carbonyl (C=O) groups is 2. The molecule has 0 bridgehead atoms. The van der Waals surface area contributed by atoms with Gasteiger partial charge in [0, 0.05) is 48.3 Å². The minimum absolute atomic E-state index is 0.131. The van der Waals surface area contributed by atoms with Crippen molar-refractivity contribution in [1.82, 2.24) is 4.90 Å². The summed E-state index contributed by atoms with van der Waals surface area (Å²) in [5, 5.41) is 0. The predicted octanol–water partition coefficient (Wildman–Crippen LogP) is 6.97. The Hall–Kier alpha value is -2.25. The first kappa shape index (κ1) is 23.5. The van der Waals surface area contributed by atoms with Gasteiger partial charge in [-0.25, -0.2) is 4.39 Å². The van der Waals surface area contributed by atoms with E-state index < -0.39 is 0 Å². The van der Waals surface area contributed by atoms with Gasteiger partial charge in [-0.3, -0.25) is 9.59 Å². The molecule has 34 heavy (non-hydrogen) atoms. The Kier molecular flexibility index (Phi) is 6.51. The average molecular weight is 589 g/mol. The molecule has 5 rings (SSSR count). The lowest BCUT2D eigenvalue weighted by Gasteiger charge is -2.42. The number of hydrogen-bond donors (Lipinski definition) is 0. The molecule has 2 aromatic rings. The van der Waals surface area contributed by atoms with Crippen molar-refractivity contribution in [2.75, 3.05) is 7.05 Å². The van der Waals surface area contributed by atoms with Crippen LogP contribution in [-0.2, 0) is 16.2 Å². The van der Waals surface area contributed by atoms with Gasteiger partial charge in [-0.1, -0.05) is 12.1 Å². The Labute approximate surface area is 215 Å². The maximum Gasteiger partial charge on any atom is 0.161 e. The Morgan fingerprint density at radius 2 is 1.44 bits per heavy atom. The van der Waals surface area contributed by atoms with Gasteiger partial charge in [0.25, 0.3) is 0 Å². The second-order valence-corrected chi connectivity index (χ2v) is 10.7. The molecule has 0 unspecified atom stereocenters. The van der Waals surface area contributed by atoms with Crippen LogP contribution in [0.5, 0.6) is 5.75 Å². The smallest absolute Gasteiger partial charge is 0.161 e.